The van der Waals surface area contributed by atoms with Crippen LogP contribution in [0.4, 0.5) is 11.4 Å². The summed E-state index contributed by atoms with van der Waals surface area (Å²) in [5.74, 6) is -2.08. The molecule has 0 saturated carbocycles. The first-order valence-electron chi connectivity index (χ1n) is 16.1. The molecule has 14 nitrogen and oxygen atoms in total. The first kappa shape index (κ1) is 34.0. The zero-order valence-electron chi connectivity index (χ0n) is 28.7. The van der Waals surface area contributed by atoms with Crippen LogP contribution in [0, 0.1) is 41.0 Å². The van der Waals surface area contributed by atoms with Gasteiger partial charge in [-0.3, -0.25) is 29.8 Å². The largest absolute Gasteiger partial charge is 0.351 e. The summed E-state index contributed by atoms with van der Waals surface area (Å²) in [7, 11) is 0. The second-order valence-electron chi connectivity index (χ2n) is 12.7. The van der Waals surface area contributed by atoms with Gasteiger partial charge in [0.05, 0.1) is 11.4 Å². The van der Waals surface area contributed by atoms with Gasteiger partial charge in [0.15, 0.2) is 12.1 Å². The summed E-state index contributed by atoms with van der Waals surface area (Å²) in [5.41, 5.74) is 6.98. The minimum Gasteiger partial charge on any atom is -0.351 e. The Labute approximate surface area is 290 Å². The van der Waals surface area contributed by atoms with Gasteiger partial charge in [-0.15, -0.1) is 0 Å². The van der Waals surface area contributed by atoms with Crippen LogP contribution < -0.4 is 10.6 Å². The van der Waals surface area contributed by atoms with Crippen LogP contribution >= 0.6 is 0 Å². The molecule has 2 unspecified atom stereocenters. The van der Waals surface area contributed by atoms with Crippen LogP contribution in [0.5, 0.6) is 0 Å². The predicted octanol–water partition coefficient (Wildman–Crippen LogP) is 4.80. The zero-order chi connectivity index (χ0) is 35.7. The van der Waals surface area contributed by atoms with E-state index >= 15 is 0 Å². The molecule has 0 fully saturated rings. The molecule has 2 aromatic rings. The Hall–Kier alpha value is -5.92. The monoisotopic (exact) mass is 674 g/mol. The van der Waals surface area contributed by atoms with Gasteiger partial charge in [0.2, 0.25) is 0 Å². The second-order valence-corrected chi connectivity index (χ2v) is 12.7. The number of aryl methyl sites for hydroxylation is 4. The number of benzene rings is 2. The van der Waals surface area contributed by atoms with E-state index in [9.17, 15) is 19.2 Å². The average molecular weight is 675 g/mol. The smallest absolute Gasteiger partial charge is 0.274 e. The van der Waals surface area contributed by atoms with Crippen LogP contribution in [0.15, 0.2) is 104 Å². The summed E-state index contributed by atoms with van der Waals surface area (Å²) in [4.78, 5) is 58.4. The lowest BCUT2D eigenvalue weighted by Gasteiger charge is -2.29. The number of imide groups is 2. The van der Waals surface area contributed by atoms with Crippen molar-refractivity contribution in [3.8, 4) is 0 Å². The van der Waals surface area contributed by atoms with Gasteiger partial charge < -0.3 is 19.6 Å². The molecule has 0 aliphatic carbocycles. The fourth-order valence-corrected chi connectivity index (χ4v) is 6.22. The maximum atomic E-state index is 12.9. The fraction of sp³-hybridized carbons (Fsp3) is 0.278. The predicted molar refractivity (Wildman–Crippen MR) is 184 cm³/mol. The molecule has 6 rings (SSSR count). The molecular formula is C36H38N10O4. The lowest BCUT2D eigenvalue weighted by molar-refractivity contribution is -0.132. The molecule has 0 aromatic heterocycles. The van der Waals surface area contributed by atoms with Gasteiger partial charge in [0.25, 0.3) is 23.6 Å². The molecule has 0 spiro atoms. The van der Waals surface area contributed by atoms with Gasteiger partial charge in [0.1, 0.15) is 24.7 Å². The van der Waals surface area contributed by atoms with Crippen LogP contribution in [0.2, 0.25) is 0 Å². The standard InChI is InChI=1S/C36H38N10O4/c1-21-13-22(2)16-27(15-21)39-41-29-25(5)31(35(49)37-33(29)47)45-11-9-43(19-45)7-8-44-10-12-46(20-44)32-26(6)30(34(48)38-36(32)50)42-40-28-17-23(3)14-24(4)18-28/h9-20,29-30H,7-8H2,1-6H3,(H,37,47,49)(H,38,48,50). The molecule has 0 bridgehead atoms. The number of amides is 4. The topological polar surface area (TPSA) is 155 Å². The van der Waals surface area contributed by atoms with Crippen molar-refractivity contribution in [2.45, 2.75) is 53.6 Å². The van der Waals surface area contributed by atoms with Crippen LogP contribution in [0.1, 0.15) is 36.1 Å². The molecule has 0 saturated heterocycles. The van der Waals surface area contributed by atoms with E-state index < -0.39 is 35.7 Å². The Kier molecular flexibility index (Phi) is 9.44. The summed E-state index contributed by atoms with van der Waals surface area (Å²) in [6.07, 6.45) is 7.14. The third kappa shape index (κ3) is 7.23. The van der Waals surface area contributed by atoms with Crippen LogP contribution in [0.25, 0.3) is 0 Å². The molecule has 14 heteroatoms. The molecule has 2 N–H and O–H groups in total. The first-order valence-corrected chi connectivity index (χ1v) is 16.1. The number of hydrogen-bond acceptors (Lipinski definition) is 12. The molecule has 4 amide bonds. The number of nitrogens with one attached hydrogen (secondary N) is 2. The van der Waals surface area contributed by atoms with Crippen molar-refractivity contribution in [2.24, 2.45) is 20.5 Å². The Morgan fingerprint density at radius 1 is 0.540 bits per heavy atom. The number of nitrogens with zero attached hydrogens (tertiary/aromatic N) is 8. The maximum absolute atomic E-state index is 12.9. The van der Waals surface area contributed by atoms with Crippen molar-refractivity contribution in [1.82, 2.24) is 30.2 Å². The number of rotatable bonds is 9. The minimum atomic E-state index is -0.951. The number of carbonyl (C=O) groups is 4. The Bertz CT molecular complexity index is 1780. The number of carbonyl (C=O) groups excluding carboxylic acids is 4. The van der Waals surface area contributed by atoms with E-state index in [1.54, 1.807) is 49.4 Å². The molecular weight excluding hydrogens is 636 g/mol. The van der Waals surface area contributed by atoms with Gasteiger partial charge in [-0.25, -0.2) is 0 Å². The first-order chi connectivity index (χ1) is 23.9. The zero-order valence-corrected chi connectivity index (χ0v) is 28.7. The fourth-order valence-electron chi connectivity index (χ4n) is 6.22. The third-order valence-corrected chi connectivity index (χ3v) is 8.47. The van der Waals surface area contributed by atoms with E-state index in [0.717, 1.165) is 22.3 Å². The lowest BCUT2D eigenvalue weighted by Crippen LogP contribution is -2.47. The summed E-state index contributed by atoms with van der Waals surface area (Å²) in [5, 5.41) is 22.0. The molecule has 4 heterocycles. The third-order valence-electron chi connectivity index (χ3n) is 8.47. The van der Waals surface area contributed by atoms with E-state index in [4.69, 9.17) is 0 Å². The van der Waals surface area contributed by atoms with Crippen molar-refractivity contribution in [3.63, 3.8) is 0 Å². The van der Waals surface area contributed by atoms with Crippen molar-refractivity contribution >= 4 is 35.0 Å². The van der Waals surface area contributed by atoms with Gasteiger partial charge >= 0.3 is 0 Å². The normalized spacial score (nSPS) is 21.2. The minimum absolute atomic E-state index is 0.302. The van der Waals surface area contributed by atoms with E-state index in [-0.39, 0.29) is 0 Å². The highest BCUT2D eigenvalue weighted by molar-refractivity contribution is 6.11. The Morgan fingerprint density at radius 3 is 1.26 bits per heavy atom. The molecule has 2 atom stereocenters. The summed E-state index contributed by atoms with van der Waals surface area (Å²) in [6.45, 7) is 15.9. The average Bonchev–Trinajstić information content (AvgIpc) is 3.68. The number of azo groups is 2. The molecule has 4 aliphatic heterocycles. The summed E-state index contributed by atoms with van der Waals surface area (Å²) >= 11 is 0. The van der Waals surface area contributed by atoms with Crippen molar-refractivity contribution in [3.05, 3.63) is 119 Å². The summed E-state index contributed by atoms with van der Waals surface area (Å²) in [6, 6.07) is 9.66. The molecule has 2 radical (unpaired) electrons. The van der Waals surface area contributed by atoms with Crippen molar-refractivity contribution < 1.29 is 19.2 Å². The Morgan fingerprint density at radius 2 is 0.900 bits per heavy atom. The van der Waals surface area contributed by atoms with Gasteiger partial charge in [-0.05, 0) is 99.2 Å². The molecule has 2 aromatic carbocycles. The maximum Gasteiger partial charge on any atom is 0.274 e. The quantitative estimate of drug-likeness (QED) is 0.284. The van der Waals surface area contributed by atoms with E-state index in [2.05, 4.69) is 31.1 Å². The summed E-state index contributed by atoms with van der Waals surface area (Å²) < 4.78 is 0. The highest BCUT2D eigenvalue weighted by atomic mass is 16.2. The molecule has 4 aliphatic rings. The van der Waals surface area contributed by atoms with Gasteiger partial charge in [-0.2, -0.15) is 20.5 Å². The molecule has 256 valence electrons. The molecule has 50 heavy (non-hydrogen) atoms. The highest BCUT2D eigenvalue weighted by Crippen LogP contribution is 2.29. The van der Waals surface area contributed by atoms with Crippen molar-refractivity contribution in [2.75, 3.05) is 13.1 Å². The van der Waals surface area contributed by atoms with E-state index in [1.165, 1.54) is 0 Å². The van der Waals surface area contributed by atoms with E-state index in [1.807, 2.05) is 86.3 Å². The second kappa shape index (κ2) is 13.9. The number of hydrogen-bond donors (Lipinski definition) is 2. The van der Waals surface area contributed by atoms with Crippen molar-refractivity contribution in [1.29, 1.82) is 0 Å². The van der Waals surface area contributed by atoms with Crippen LogP contribution in [0.3, 0.4) is 0 Å². The van der Waals surface area contributed by atoms with E-state index in [0.29, 0.717) is 47.0 Å². The van der Waals surface area contributed by atoms with Crippen LogP contribution in [-0.2, 0) is 19.2 Å². The van der Waals surface area contributed by atoms with Crippen LogP contribution in [-0.4, -0.2) is 68.4 Å². The highest BCUT2D eigenvalue weighted by Gasteiger charge is 2.38. The lowest BCUT2D eigenvalue weighted by atomic mass is 10.0. The van der Waals surface area contributed by atoms with Gasteiger partial charge in [0, 0.05) is 37.9 Å². The SMILES string of the molecule is CC1=C(N2[CH]N(CCN3[CH]N(C4=C(C)C(N=Nc5cc(C)cc(C)c5)C(=O)NC4=O)C=C3)C=C2)C(=O)NC(=O)C1N=Nc1cc(C)cc(C)c1. The Balaban J connectivity index is 1.07. The van der Waals surface area contributed by atoms with Gasteiger partial charge in [-0.1, -0.05) is 12.1 Å².